The molecule has 0 radical (unpaired) electrons. The van der Waals surface area contributed by atoms with Crippen LogP contribution < -0.4 is 16.0 Å². The fourth-order valence-electron chi connectivity index (χ4n) is 3.39. The van der Waals surface area contributed by atoms with E-state index in [0.29, 0.717) is 17.7 Å². The van der Waals surface area contributed by atoms with Crippen molar-refractivity contribution in [1.29, 1.82) is 0 Å². The number of anilines is 2. The Morgan fingerprint density at radius 2 is 1.93 bits per heavy atom. The Hall–Kier alpha value is -2.89. The van der Waals surface area contributed by atoms with E-state index in [1.165, 1.54) is 12.1 Å². The Morgan fingerprint density at radius 3 is 2.59 bits per heavy atom. The van der Waals surface area contributed by atoms with Crippen LogP contribution in [0.3, 0.4) is 0 Å². The summed E-state index contributed by atoms with van der Waals surface area (Å²) < 4.78 is 13.4. The fourth-order valence-corrected chi connectivity index (χ4v) is 3.39. The van der Waals surface area contributed by atoms with Gasteiger partial charge >= 0.3 is 0 Å². The molecule has 3 rings (SSSR count). The molecule has 1 aliphatic heterocycles. The molecule has 142 valence electrons. The largest absolute Gasteiger partial charge is 0.370 e. The number of nitrogens with one attached hydrogen (secondary N) is 1. The van der Waals surface area contributed by atoms with E-state index in [9.17, 15) is 14.0 Å². The van der Waals surface area contributed by atoms with Crippen molar-refractivity contribution in [3.63, 3.8) is 0 Å². The molecule has 0 saturated carbocycles. The second-order valence-electron chi connectivity index (χ2n) is 7.01. The minimum absolute atomic E-state index is 0.179. The first-order valence-electron chi connectivity index (χ1n) is 9.18. The number of nitrogens with two attached hydrogens (primary N) is 1. The summed E-state index contributed by atoms with van der Waals surface area (Å²) >= 11 is 0. The van der Waals surface area contributed by atoms with Crippen LogP contribution in [0.1, 0.15) is 35.7 Å². The van der Waals surface area contributed by atoms with E-state index in [1.807, 2.05) is 6.07 Å². The third-order valence-corrected chi connectivity index (χ3v) is 4.86. The quantitative estimate of drug-likeness (QED) is 0.820. The number of rotatable bonds is 6. The van der Waals surface area contributed by atoms with Gasteiger partial charge in [-0.1, -0.05) is 19.1 Å². The maximum Gasteiger partial charge on any atom is 0.248 e. The zero-order valence-corrected chi connectivity index (χ0v) is 15.4. The highest BCUT2D eigenvalue weighted by Gasteiger charge is 2.20. The number of hydrogen-bond donors (Lipinski definition) is 2. The highest BCUT2D eigenvalue weighted by Crippen LogP contribution is 2.30. The van der Waals surface area contributed by atoms with Crippen LogP contribution in [0.5, 0.6) is 0 Å². The van der Waals surface area contributed by atoms with Gasteiger partial charge in [-0.05, 0) is 55.2 Å². The van der Waals surface area contributed by atoms with E-state index in [4.69, 9.17) is 5.73 Å². The Balaban J connectivity index is 1.78. The standard InChI is InChI=1S/C21H24FN3O2/c1-14(11-15-5-4-6-17(22)12-15)21(27)24-18-13-16(20(23)26)7-8-19(18)25-9-2-3-10-25/h4-8,12-14H,2-3,9-11H2,1H3,(H2,23,26)(H,24,27). The SMILES string of the molecule is CC(Cc1cccc(F)c1)C(=O)Nc1cc(C(N)=O)ccc1N1CCCC1. The van der Waals surface area contributed by atoms with Crippen molar-refractivity contribution in [3.05, 3.63) is 59.4 Å². The molecule has 1 atom stereocenters. The van der Waals surface area contributed by atoms with Crippen molar-refractivity contribution in [1.82, 2.24) is 0 Å². The monoisotopic (exact) mass is 369 g/mol. The van der Waals surface area contributed by atoms with Crippen molar-refractivity contribution < 1.29 is 14.0 Å². The van der Waals surface area contributed by atoms with Crippen molar-refractivity contribution in [2.45, 2.75) is 26.2 Å². The number of amides is 2. The van der Waals surface area contributed by atoms with Crippen LogP contribution in [-0.2, 0) is 11.2 Å². The zero-order chi connectivity index (χ0) is 19.4. The summed E-state index contributed by atoms with van der Waals surface area (Å²) in [4.78, 5) is 26.4. The molecule has 27 heavy (non-hydrogen) atoms. The number of carbonyl (C=O) groups is 2. The number of halogens is 1. The van der Waals surface area contributed by atoms with E-state index < -0.39 is 5.91 Å². The average molecular weight is 369 g/mol. The molecule has 0 spiro atoms. The van der Waals surface area contributed by atoms with Crippen molar-refractivity contribution >= 4 is 23.2 Å². The van der Waals surface area contributed by atoms with Gasteiger partial charge in [-0.25, -0.2) is 4.39 Å². The van der Waals surface area contributed by atoms with Gasteiger partial charge in [-0.2, -0.15) is 0 Å². The molecular formula is C21H24FN3O2. The summed E-state index contributed by atoms with van der Waals surface area (Å²) in [5, 5.41) is 2.94. The lowest BCUT2D eigenvalue weighted by molar-refractivity contribution is -0.119. The van der Waals surface area contributed by atoms with Gasteiger partial charge in [0.05, 0.1) is 11.4 Å². The number of primary amides is 1. The van der Waals surface area contributed by atoms with E-state index in [-0.39, 0.29) is 17.6 Å². The molecule has 2 aromatic rings. The normalized spacial score (nSPS) is 14.8. The molecule has 3 N–H and O–H groups in total. The minimum Gasteiger partial charge on any atom is -0.370 e. The second kappa shape index (κ2) is 8.20. The molecule has 1 saturated heterocycles. The summed E-state index contributed by atoms with van der Waals surface area (Å²) in [6, 6.07) is 11.4. The molecule has 1 heterocycles. The molecule has 6 heteroatoms. The predicted octanol–water partition coefficient (Wildman–Crippen LogP) is 3.34. The number of hydrogen-bond acceptors (Lipinski definition) is 3. The first-order valence-corrected chi connectivity index (χ1v) is 9.18. The maximum absolute atomic E-state index is 13.4. The van der Waals surface area contributed by atoms with Gasteiger partial charge in [-0.15, -0.1) is 0 Å². The number of nitrogens with zero attached hydrogens (tertiary/aromatic N) is 1. The summed E-state index contributed by atoms with van der Waals surface area (Å²) in [6.45, 7) is 3.63. The first-order chi connectivity index (χ1) is 12.9. The lowest BCUT2D eigenvalue weighted by atomic mass is 10.00. The molecular weight excluding hydrogens is 345 g/mol. The molecule has 1 aliphatic rings. The van der Waals surface area contributed by atoms with Gasteiger partial charge in [0.15, 0.2) is 0 Å². The Kier molecular flexibility index (Phi) is 5.74. The number of benzene rings is 2. The topological polar surface area (TPSA) is 75.4 Å². The third kappa shape index (κ3) is 4.64. The summed E-state index contributed by atoms with van der Waals surface area (Å²) in [5.41, 5.74) is 7.99. The van der Waals surface area contributed by atoms with Gasteiger partial charge in [0.1, 0.15) is 5.82 Å². The molecule has 0 bridgehead atoms. The van der Waals surface area contributed by atoms with Crippen LogP contribution >= 0.6 is 0 Å². The minimum atomic E-state index is -0.536. The molecule has 1 fully saturated rings. The Bertz CT molecular complexity index is 847. The fraction of sp³-hybridized carbons (Fsp3) is 0.333. The molecule has 1 unspecified atom stereocenters. The Morgan fingerprint density at radius 1 is 1.19 bits per heavy atom. The smallest absolute Gasteiger partial charge is 0.248 e. The van der Waals surface area contributed by atoms with Crippen molar-refractivity contribution in [3.8, 4) is 0 Å². The van der Waals surface area contributed by atoms with Crippen LogP contribution in [0.25, 0.3) is 0 Å². The second-order valence-corrected chi connectivity index (χ2v) is 7.01. The van der Waals surface area contributed by atoms with Crippen LogP contribution in [0.4, 0.5) is 15.8 Å². The molecule has 2 aromatic carbocycles. The molecule has 5 nitrogen and oxygen atoms in total. The van der Waals surface area contributed by atoms with E-state index in [2.05, 4.69) is 10.2 Å². The third-order valence-electron chi connectivity index (χ3n) is 4.86. The molecule has 0 aliphatic carbocycles. The zero-order valence-electron chi connectivity index (χ0n) is 15.4. The lowest BCUT2D eigenvalue weighted by Crippen LogP contribution is -2.25. The van der Waals surface area contributed by atoms with E-state index in [0.717, 1.165) is 37.2 Å². The molecule has 0 aromatic heterocycles. The van der Waals surface area contributed by atoms with Crippen LogP contribution in [0.15, 0.2) is 42.5 Å². The average Bonchev–Trinajstić information content (AvgIpc) is 3.16. The van der Waals surface area contributed by atoms with E-state index in [1.54, 1.807) is 31.2 Å². The van der Waals surface area contributed by atoms with Crippen molar-refractivity contribution in [2.24, 2.45) is 11.7 Å². The van der Waals surface area contributed by atoms with E-state index >= 15 is 0 Å². The van der Waals surface area contributed by atoms with Gasteiger partial charge < -0.3 is 16.0 Å². The highest BCUT2D eigenvalue weighted by molar-refractivity contribution is 6.00. The van der Waals surface area contributed by atoms with Crippen LogP contribution in [0, 0.1) is 11.7 Å². The molecule has 2 amide bonds. The summed E-state index contributed by atoms with van der Waals surface area (Å²) in [7, 11) is 0. The highest BCUT2D eigenvalue weighted by atomic mass is 19.1. The van der Waals surface area contributed by atoms with Gasteiger partial charge in [0, 0.05) is 24.6 Å². The van der Waals surface area contributed by atoms with Crippen molar-refractivity contribution in [2.75, 3.05) is 23.3 Å². The lowest BCUT2D eigenvalue weighted by Gasteiger charge is -2.23. The predicted molar refractivity (Wildman–Crippen MR) is 104 cm³/mol. The summed E-state index contributed by atoms with van der Waals surface area (Å²) in [5.74, 6) is -1.38. The Labute approximate surface area is 158 Å². The maximum atomic E-state index is 13.4. The first kappa shape index (κ1) is 18.9. The van der Waals surface area contributed by atoms with Gasteiger partial charge in [-0.3, -0.25) is 9.59 Å². The summed E-state index contributed by atoms with van der Waals surface area (Å²) in [6.07, 6.45) is 2.63. The van der Waals surface area contributed by atoms with Crippen LogP contribution in [-0.4, -0.2) is 24.9 Å². The van der Waals surface area contributed by atoms with Gasteiger partial charge in [0.2, 0.25) is 11.8 Å². The number of carbonyl (C=O) groups excluding carboxylic acids is 2. The van der Waals surface area contributed by atoms with Crippen LogP contribution in [0.2, 0.25) is 0 Å². The van der Waals surface area contributed by atoms with Gasteiger partial charge in [0.25, 0.3) is 0 Å².